The maximum Gasteiger partial charge on any atom is 0.0568 e. The highest BCUT2D eigenvalue weighted by Crippen LogP contribution is 2.35. The summed E-state index contributed by atoms with van der Waals surface area (Å²) < 4.78 is 2.36. The third-order valence-electron chi connectivity index (χ3n) is 5.44. The number of rotatable bonds is 2. The average Bonchev–Trinajstić information content (AvgIpc) is 2.93. The molecule has 1 heterocycles. The molecule has 5 aromatic rings. The fourth-order valence-electron chi connectivity index (χ4n) is 4.23. The van der Waals surface area contributed by atoms with Gasteiger partial charge in [-0.1, -0.05) is 55.8 Å². The van der Waals surface area contributed by atoms with Crippen LogP contribution in [0.3, 0.4) is 0 Å². The van der Waals surface area contributed by atoms with Gasteiger partial charge in [-0.3, -0.25) is 0 Å². The molecule has 0 aliphatic rings. The zero-order chi connectivity index (χ0) is 17.0. The molecular weight excluding hydrogens is 302 g/mol. The van der Waals surface area contributed by atoms with Gasteiger partial charge in [-0.15, -0.1) is 0 Å². The van der Waals surface area contributed by atoms with Gasteiger partial charge in [0.25, 0.3) is 0 Å². The molecule has 0 saturated heterocycles. The molecule has 0 aliphatic carbocycles. The van der Waals surface area contributed by atoms with Crippen LogP contribution in [0.15, 0.2) is 66.7 Å². The lowest BCUT2D eigenvalue weighted by molar-refractivity contribution is 0.923. The summed E-state index contributed by atoms with van der Waals surface area (Å²) >= 11 is 0. The lowest BCUT2D eigenvalue weighted by atomic mass is 10.0. The van der Waals surface area contributed by atoms with Crippen LogP contribution in [0.25, 0.3) is 43.4 Å². The Hall–Kier alpha value is -2.80. The molecule has 122 valence electrons. The van der Waals surface area contributed by atoms with Gasteiger partial charge in [0.1, 0.15) is 0 Å². The molecule has 4 aromatic carbocycles. The van der Waals surface area contributed by atoms with E-state index in [9.17, 15) is 0 Å². The first kappa shape index (κ1) is 14.5. The molecule has 0 radical (unpaired) electrons. The van der Waals surface area contributed by atoms with Crippen molar-refractivity contribution in [2.45, 2.75) is 19.8 Å². The van der Waals surface area contributed by atoms with Crippen LogP contribution in [-0.4, -0.2) is 4.57 Å². The van der Waals surface area contributed by atoms with Gasteiger partial charge in [0.05, 0.1) is 5.52 Å². The molecule has 5 rings (SSSR count). The molecule has 25 heavy (non-hydrogen) atoms. The summed E-state index contributed by atoms with van der Waals surface area (Å²) in [5.74, 6) is 0. The minimum Gasteiger partial charge on any atom is -0.343 e. The van der Waals surface area contributed by atoms with Crippen molar-refractivity contribution in [1.82, 2.24) is 4.57 Å². The van der Waals surface area contributed by atoms with E-state index in [1.165, 1.54) is 55.3 Å². The van der Waals surface area contributed by atoms with Crippen LogP contribution in [0.2, 0.25) is 0 Å². The molecule has 0 atom stereocenters. The zero-order valence-electron chi connectivity index (χ0n) is 14.7. The summed E-state index contributed by atoms with van der Waals surface area (Å²) in [5, 5.41) is 7.99. The van der Waals surface area contributed by atoms with Gasteiger partial charge in [-0.25, -0.2) is 0 Å². The Labute approximate surface area is 147 Å². The van der Waals surface area contributed by atoms with Crippen LogP contribution in [0.5, 0.6) is 0 Å². The molecule has 1 aromatic heterocycles. The third-order valence-corrected chi connectivity index (χ3v) is 5.44. The Morgan fingerprint density at radius 2 is 1.52 bits per heavy atom. The second-order valence-corrected chi connectivity index (χ2v) is 7.04. The molecule has 0 saturated carbocycles. The number of aryl methyl sites for hydroxylation is 2. The minimum absolute atomic E-state index is 1.14. The fraction of sp³-hybridized carbons (Fsp3) is 0.167. The van der Waals surface area contributed by atoms with E-state index in [2.05, 4.69) is 85.3 Å². The first-order valence-corrected chi connectivity index (χ1v) is 9.09. The molecule has 0 bridgehead atoms. The van der Waals surface area contributed by atoms with Gasteiger partial charge in [0.15, 0.2) is 0 Å². The second kappa shape index (κ2) is 5.35. The van der Waals surface area contributed by atoms with Crippen molar-refractivity contribution in [2.75, 3.05) is 0 Å². The summed E-state index contributed by atoms with van der Waals surface area (Å²) in [6.07, 6.45) is 2.33. The molecule has 0 amide bonds. The van der Waals surface area contributed by atoms with E-state index in [4.69, 9.17) is 0 Å². The van der Waals surface area contributed by atoms with E-state index in [1.54, 1.807) is 0 Å². The Bertz CT molecular complexity index is 1260. The van der Waals surface area contributed by atoms with Crippen molar-refractivity contribution in [3.8, 4) is 0 Å². The van der Waals surface area contributed by atoms with E-state index >= 15 is 0 Å². The maximum absolute atomic E-state index is 2.38. The van der Waals surface area contributed by atoms with E-state index in [1.807, 2.05) is 0 Å². The molecule has 0 fully saturated rings. The van der Waals surface area contributed by atoms with E-state index < -0.39 is 0 Å². The van der Waals surface area contributed by atoms with Crippen LogP contribution >= 0.6 is 0 Å². The quantitative estimate of drug-likeness (QED) is 0.323. The van der Waals surface area contributed by atoms with E-state index in [-0.39, 0.29) is 0 Å². The predicted molar refractivity (Wildman–Crippen MR) is 109 cm³/mol. The Morgan fingerprint density at radius 3 is 2.32 bits per heavy atom. The largest absolute Gasteiger partial charge is 0.343 e. The van der Waals surface area contributed by atoms with Crippen molar-refractivity contribution >= 4 is 43.4 Å². The summed E-state index contributed by atoms with van der Waals surface area (Å²) in [6.45, 7) is 2.24. The second-order valence-electron chi connectivity index (χ2n) is 7.04. The van der Waals surface area contributed by atoms with Crippen LogP contribution in [0, 0.1) is 0 Å². The van der Waals surface area contributed by atoms with Crippen LogP contribution in [0.4, 0.5) is 0 Å². The molecular formula is C24H21N. The summed E-state index contributed by atoms with van der Waals surface area (Å²) in [6, 6.07) is 24.8. The Kier molecular flexibility index (Phi) is 3.11. The molecule has 0 unspecified atom stereocenters. The van der Waals surface area contributed by atoms with Crippen LogP contribution in [0.1, 0.15) is 18.9 Å². The Balaban J connectivity index is 1.94. The number of nitrogens with zero attached hydrogens (tertiary/aromatic N) is 1. The molecule has 0 spiro atoms. The first-order chi connectivity index (χ1) is 12.3. The van der Waals surface area contributed by atoms with Crippen LogP contribution < -0.4 is 0 Å². The van der Waals surface area contributed by atoms with Gasteiger partial charge >= 0.3 is 0 Å². The number of aromatic nitrogens is 1. The highest BCUT2D eigenvalue weighted by molar-refractivity contribution is 6.19. The van der Waals surface area contributed by atoms with Crippen molar-refractivity contribution < 1.29 is 0 Å². The normalized spacial score (nSPS) is 11.9. The molecule has 1 nitrogen and oxygen atoms in total. The molecule has 0 aliphatic heterocycles. The van der Waals surface area contributed by atoms with Crippen molar-refractivity contribution in [2.24, 2.45) is 7.05 Å². The van der Waals surface area contributed by atoms with Crippen LogP contribution in [-0.2, 0) is 13.5 Å². The summed E-state index contributed by atoms with van der Waals surface area (Å²) in [4.78, 5) is 0. The number of benzene rings is 4. The lowest BCUT2D eigenvalue weighted by Crippen LogP contribution is -1.89. The van der Waals surface area contributed by atoms with Gasteiger partial charge in [0, 0.05) is 28.7 Å². The van der Waals surface area contributed by atoms with E-state index in [0.29, 0.717) is 0 Å². The number of hydrogen-bond acceptors (Lipinski definition) is 0. The lowest BCUT2D eigenvalue weighted by Gasteiger charge is -2.06. The maximum atomic E-state index is 2.38. The summed E-state index contributed by atoms with van der Waals surface area (Å²) in [7, 11) is 2.19. The monoisotopic (exact) mass is 323 g/mol. The smallest absolute Gasteiger partial charge is 0.0568 e. The van der Waals surface area contributed by atoms with Gasteiger partial charge < -0.3 is 4.57 Å². The van der Waals surface area contributed by atoms with Gasteiger partial charge in [-0.05, 0) is 52.4 Å². The number of hydrogen-bond donors (Lipinski definition) is 0. The van der Waals surface area contributed by atoms with Gasteiger partial charge in [-0.2, -0.15) is 0 Å². The molecule has 1 heteroatoms. The predicted octanol–water partition coefficient (Wildman–Crippen LogP) is 6.59. The van der Waals surface area contributed by atoms with Crippen molar-refractivity contribution in [1.29, 1.82) is 0 Å². The highest BCUT2D eigenvalue weighted by Gasteiger charge is 2.12. The standard InChI is InChI=1S/C24H21N/c1-3-6-16-9-12-23-22(13-16)20-11-10-19-14-17-7-4-5-8-18(17)15-21(19)24(20)25(23)2/h4-5,7-15H,3,6H2,1-2H3. The minimum atomic E-state index is 1.14. The SMILES string of the molecule is CCCc1ccc2c(c1)c1ccc3cc4ccccc4cc3c1n2C. The average molecular weight is 323 g/mol. The van der Waals surface area contributed by atoms with Crippen molar-refractivity contribution in [3.05, 3.63) is 72.3 Å². The zero-order valence-corrected chi connectivity index (χ0v) is 14.7. The summed E-state index contributed by atoms with van der Waals surface area (Å²) in [5.41, 5.74) is 4.09. The van der Waals surface area contributed by atoms with Crippen molar-refractivity contribution in [3.63, 3.8) is 0 Å². The fourth-order valence-corrected chi connectivity index (χ4v) is 4.23. The molecule has 0 N–H and O–H groups in total. The first-order valence-electron chi connectivity index (χ1n) is 9.09. The third kappa shape index (κ3) is 2.09. The topological polar surface area (TPSA) is 4.93 Å². The Morgan fingerprint density at radius 1 is 0.720 bits per heavy atom. The van der Waals surface area contributed by atoms with E-state index in [0.717, 1.165) is 6.42 Å². The van der Waals surface area contributed by atoms with Gasteiger partial charge in [0.2, 0.25) is 0 Å². The highest BCUT2D eigenvalue weighted by atomic mass is 14.9. The number of fused-ring (bicyclic) bond motifs is 6.